The molecule has 1 aromatic carbocycles. The fourth-order valence-corrected chi connectivity index (χ4v) is 6.25. The predicted molar refractivity (Wildman–Crippen MR) is 162 cm³/mol. The van der Waals surface area contributed by atoms with E-state index in [0.29, 0.717) is 25.7 Å². The molecule has 0 saturated carbocycles. The lowest BCUT2D eigenvalue weighted by Gasteiger charge is -2.47. The molecule has 1 saturated heterocycles. The van der Waals surface area contributed by atoms with E-state index in [-0.39, 0.29) is 43.0 Å². The summed E-state index contributed by atoms with van der Waals surface area (Å²) in [6, 6.07) is 4.26. The van der Waals surface area contributed by atoms with E-state index >= 15 is 0 Å². The van der Waals surface area contributed by atoms with Gasteiger partial charge in [-0.2, -0.15) is 0 Å². The summed E-state index contributed by atoms with van der Waals surface area (Å²) < 4.78 is 53.6. The number of benzene rings is 1. The first-order chi connectivity index (χ1) is 22.3. The number of fused-ring (bicyclic) bond motifs is 1. The fourth-order valence-electron chi connectivity index (χ4n) is 4.91. The molecule has 15 nitrogen and oxygen atoms in total. The van der Waals surface area contributed by atoms with Gasteiger partial charge in [0.25, 0.3) is 11.8 Å². The Bertz CT molecular complexity index is 1320. The summed E-state index contributed by atoms with van der Waals surface area (Å²) in [6.07, 6.45) is -4.55. The van der Waals surface area contributed by atoms with Crippen LogP contribution in [0.5, 0.6) is 0 Å². The maximum Gasteiger partial charge on any atom is 0.477 e. The Morgan fingerprint density at radius 1 is 0.830 bits per heavy atom. The Kier molecular flexibility index (Phi) is 14.2. The van der Waals surface area contributed by atoms with E-state index in [2.05, 4.69) is 0 Å². The van der Waals surface area contributed by atoms with Gasteiger partial charge in [0.05, 0.1) is 30.8 Å². The number of unbranched alkanes of at least 4 members (excludes halogenated alkanes) is 2. The van der Waals surface area contributed by atoms with E-state index in [9.17, 15) is 33.3 Å². The van der Waals surface area contributed by atoms with Gasteiger partial charge in [0.2, 0.25) is 0 Å². The maximum absolute atomic E-state index is 14.0. The van der Waals surface area contributed by atoms with Crippen molar-refractivity contribution < 1.29 is 65.9 Å². The monoisotopic (exact) mass is 683 g/mol. The summed E-state index contributed by atoms with van der Waals surface area (Å²) in [5, 5.41) is 0. The molecular weight excluding hydrogens is 641 g/mol. The van der Waals surface area contributed by atoms with Crippen molar-refractivity contribution in [2.45, 2.75) is 104 Å². The molecule has 0 N–H and O–H groups in total. The summed E-state index contributed by atoms with van der Waals surface area (Å²) in [5.74, 6) is -4.41. The molecule has 0 spiro atoms. The molecule has 0 unspecified atom stereocenters. The second kappa shape index (κ2) is 17.6. The van der Waals surface area contributed by atoms with Gasteiger partial charge in [-0.3, -0.25) is 42.4 Å². The Morgan fingerprint density at radius 2 is 1.36 bits per heavy atom. The standard InChI is InChI=1S/C31H42NO14P/c1-6-8-16-41-47(39,42-17-9-7-2)46-31-26(32-29(37)22-12-10-11-13-23(22)30(32)38)28(44-21(5)35)27(43-20(4)34)24(45-31)18-40-25(36)15-14-19(3)33/h10-13,24,26-28,31H,6-9,14-18H2,1-5H3/t24-,26-,27-,28-,31+/m1/s1. The van der Waals surface area contributed by atoms with Crippen LogP contribution in [0.15, 0.2) is 24.3 Å². The van der Waals surface area contributed by atoms with Crippen molar-refractivity contribution in [3.63, 3.8) is 0 Å². The molecule has 1 aromatic rings. The molecule has 1 fully saturated rings. The number of imide groups is 1. The molecule has 47 heavy (non-hydrogen) atoms. The number of ketones is 1. The fraction of sp³-hybridized carbons (Fsp3) is 0.613. The molecule has 2 aliphatic heterocycles. The van der Waals surface area contributed by atoms with E-state index in [1.165, 1.54) is 19.1 Å². The maximum atomic E-state index is 14.0. The van der Waals surface area contributed by atoms with Crippen molar-refractivity contribution in [1.29, 1.82) is 0 Å². The Morgan fingerprint density at radius 3 is 1.85 bits per heavy atom. The topological polar surface area (TPSA) is 187 Å². The van der Waals surface area contributed by atoms with Crippen LogP contribution in [-0.4, -0.2) is 90.9 Å². The summed E-state index contributed by atoms with van der Waals surface area (Å²) in [5.41, 5.74) is 0.0647. The number of carbonyl (C=O) groups is 6. The zero-order chi connectivity index (χ0) is 34.7. The minimum absolute atomic E-state index is 0.0324. The molecule has 0 aliphatic carbocycles. The average Bonchev–Trinajstić information content (AvgIpc) is 3.25. The van der Waals surface area contributed by atoms with Crippen LogP contribution in [0.1, 0.15) is 93.9 Å². The lowest BCUT2D eigenvalue weighted by Crippen LogP contribution is -2.67. The number of nitrogens with zero attached hydrogens (tertiary/aromatic N) is 1. The number of hydrogen-bond acceptors (Lipinski definition) is 14. The van der Waals surface area contributed by atoms with Crippen LogP contribution in [0.2, 0.25) is 0 Å². The molecular formula is C31H42NO14P. The van der Waals surface area contributed by atoms with Crippen LogP contribution >= 0.6 is 7.82 Å². The van der Waals surface area contributed by atoms with Crippen LogP contribution in [-0.2, 0) is 56.3 Å². The van der Waals surface area contributed by atoms with E-state index in [4.69, 9.17) is 32.5 Å². The van der Waals surface area contributed by atoms with E-state index in [1.54, 1.807) is 12.1 Å². The van der Waals surface area contributed by atoms with Crippen molar-refractivity contribution in [1.82, 2.24) is 4.90 Å². The third-order valence-electron chi connectivity index (χ3n) is 7.16. The lowest BCUT2D eigenvalue weighted by atomic mass is 9.95. The lowest BCUT2D eigenvalue weighted by molar-refractivity contribution is -0.269. The molecule has 2 aliphatic rings. The summed E-state index contributed by atoms with van der Waals surface area (Å²) in [7, 11) is -4.50. The summed E-state index contributed by atoms with van der Waals surface area (Å²) in [4.78, 5) is 76.8. The van der Waals surface area contributed by atoms with Crippen molar-refractivity contribution >= 4 is 43.3 Å². The second-order valence-corrected chi connectivity index (χ2v) is 12.6. The SMILES string of the molecule is CCCCOP(=O)(OCCCC)O[C@@H]1O[C@H](COC(=O)CCC(C)=O)[C@@H](OC(C)=O)[C@H](OC(C)=O)[C@H]1N1C(=O)c2ccccc2C1=O. The highest BCUT2D eigenvalue weighted by atomic mass is 31.2. The molecule has 3 rings (SSSR count). The van der Waals surface area contributed by atoms with Crippen LogP contribution in [0.3, 0.4) is 0 Å². The van der Waals surface area contributed by atoms with Gasteiger partial charge in [-0.15, -0.1) is 0 Å². The number of esters is 3. The largest absolute Gasteiger partial charge is 0.477 e. The van der Waals surface area contributed by atoms with Gasteiger partial charge < -0.3 is 23.7 Å². The van der Waals surface area contributed by atoms with Crippen molar-refractivity contribution in [3.05, 3.63) is 35.4 Å². The number of ether oxygens (including phenoxy) is 4. The highest BCUT2D eigenvalue weighted by molar-refractivity contribution is 7.48. The smallest absolute Gasteiger partial charge is 0.463 e. The number of phosphoric acid groups is 1. The van der Waals surface area contributed by atoms with Crippen LogP contribution in [0.4, 0.5) is 0 Å². The molecule has 2 amide bonds. The predicted octanol–water partition coefficient (Wildman–Crippen LogP) is 3.91. The van der Waals surface area contributed by atoms with Crippen LogP contribution in [0.25, 0.3) is 0 Å². The molecule has 0 aromatic heterocycles. The van der Waals surface area contributed by atoms with Crippen molar-refractivity contribution in [3.8, 4) is 0 Å². The van der Waals surface area contributed by atoms with E-state index in [1.807, 2.05) is 13.8 Å². The quantitative estimate of drug-likeness (QED) is 0.0712. The van der Waals surface area contributed by atoms with E-state index < -0.39 is 74.8 Å². The number of phosphoric ester groups is 1. The van der Waals surface area contributed by atoms with Gasteiger partial charge >= 0.3 is 25.7 Å². The Balaban J connectivity index is 2.12. The summed E-state index contributed by atoms with van der Waals surface area (Å²) in [6.45, 7) is 6.52. The van der Waals surface area contributed by atoms with E-state index in [0.717, 1.165) is 18.7 Å². The Hall–Kier alpha value is -3.49. The first kappa shape index (κ1) is 38.0. The van der Waals surface area contributed by atoms with Gasteiger partial charge in [-0.1, -0.05) is 38.8 Å². The van der Waals surface area contributed by atoms with Gasteiger partial charge in [0, 0.05) is 20.3 Å². The molecule has 2 heterocycles. The number of hydrogen-bond donors (Lipinski definition) is 0. The van der Waals surface area contributed by atoms with Gasteiger partial charge in [0.15, 0.2) is 18.5 Å². The highest BCUT2D eigenvalue weighted by Crippen LogP contribution is 2.53. The molecule has 0 bridgehead atoms. The zero-order valence-electron chi connectivity index (χ0n) is 27.2. The minimum atomic E-state index is -4.50. The average molecular weight is 684 g/mol. The molecule has 16 heteroatoms. The first-order valence-corrected chi connectivity index (χ1v) is 17.0. The molecule has 260 valence electrons. The first-order valence-electron chi connectivity index (χ1n) is 15.5. The molecule has 5 atom stereocenters. The number of Topliss-reactive ketones (excluding diaryl/α,β-unsaturated/α-hetero) is 1. The number of amides is 2. The third kappa shape index (κ3) is 10.2. The summed E-state index contributed by atoms with van der Waals surface area (Å²) >= 11 is 0. The van der Waals surface area contributed by atoms with Crippen molar-refractivity contribution in [2.75, 3.05) is 19.8 Å². The zero-order valence-corrected chi connectivity index (χ0v) is 28.1. The minimum Gasteiger partial charge on any atom is -0.463 e. The van der Waals surface area contributed by atoms with Crippen LogP contribution in [0, 0.1) is 0 Å². The van der Waals surface area contributed by atoms with Gasteiger partial charge in [-0.25, -0.2) is 4.57 Å². The van der Waals surface area contributed by atoms with Gasteiger partial charge in [0.1, 0.15) is 24.5 Å². The Labute approximate surface area is 273 Å². The van der Waals surface area contributed by atoms with Gasteiger partial charge in [-0.05, 0) is 31.9 Å². The van der Waals surface area contributed by atoms with Crippen molar-refractivity contribution in [2.24, 2.45) is 0 Å². The second-order valence-electron chi connectivity index (χ2n) is 11.0. The van der Waals surface area contributed by atoms with Crippen LogP contribution < -0.4 is 0 Å². The molecule has 0 radical (unpaired) electrons. The highest BCUT2D eigenvalue weighted by Gasteiger charge is 2.59. The number of rotatable bonds is 18. The third-order valence-corrected chi connectivity index (χ3v) is 8.62. The number of carbonyl (C=O) groups excluding carboxylic acids is 6. The normalized spacial score (nSPS) is 22.5.